The molecule has 0 spiro atoms. The monoisotopic (exact) mass is 223 g/mol. The second-order valence-corrected chi connectivity index (χ2v) is 3.55. The van der Waals surface area contributed by atoms with E-state index < -0.39 is 0 Å². The number of aromatic nitrogens is 2. The largest absolute Gasteiger partial charge is 0.425 e. The van der Waals surface area contributed by atoms with Crippen LogP contribution < -0.4 is 10.5 Å². The molecule has 0 aliphatic carbocycles. The van der Waals surface area contributed by atoms with Crippen LogP contribution in [0.4, 0.5) is 5.82 Å². The Morgan fingerprint density at radius 2 is 2.00 bits per heavy atom. The number of hydrogen-bond donors (Lipinski definition) is 1. The molecule has 15 heavy (non-hydrogen) atoms. The van der Waals surface area contributed by atoms with Gasteiger partial charge in [0, 0.05) is 12.1 Å². The normalized spacial score (nSPS) is 10.3. The first kappa shape index (κ1) is 9.86. The van der Waals surface area contributed by atoms with E-state index in [1.165, 1.54) is 0 Å². The van der Waals surface area contributed by atoms with Crippen molar-refractivity contribution in [2.75, 3.05) is 5.73 Å². The van der Waals surface area contributed by atoms with Crippen LogP contribution in [0.5, 0.6) is 11.8 Å². The minimum atomic E-state index is 0.432. The number of rotatable bonds is 2. The molecule has 0 saturated carbocycles. The fourth-order valence-corrected chi connectivity index (χ4v) is 1.30. The van der Waals surface area contributed by atoms with E-state index in [9.17, 15) is 0 Å². The van der Waals surface area contributed by atoms with Crippen molar-refractivity contribution in [1.29, 1.82) is 0 Å². The van der Waals surface area contributed by atoms with Gasteiger partial charge < -0.3 is 15.0 Å². The van der Waals surface area contributed by atoms with Crippen molar-refractivity contribution in [2.24, 2.45) is 7.05 Å². The molecule has 78 valence electrons. The van der Waals surface area contributed by atoms with Gasteiger partial charge in [-0.25, -0.2) is 0 Å². The first-order chi connectivity index (χ1) is 7.15. The van der Waals surface area contributed by atoms with Crippen LogP contribution in [0.2, 0.25) is 5.02 Å². The third kappa shape index (κ3) is 2.22. The minimum absolute atomic E-state index is 0.432. The number of aryl methyl sites for hydroxylation is 1. The molecule has 1 aromatic carbocycles. The van der Waals surface area contributed by atoms with Gasteiger partial charge in [0.1, 0.15) is 11.6 Å². The van der Waals surface area contributed by atoms with Crippen molar-refractivity contribution in [3.63, 3.8) is 0 Å². The maximum atomic E-state index is 5.75. The van der Waals surface area contributed by atoms with Gasteiger partial charge in [-0.05, 0) is 24.3 Å². The molecule has 1 heterocycles. The van der Waals surface area contributed by atoms with Crippen molar-refractivity contribution >= 4 is 17.4 Å². The summed E-state index contributed by atoms with van der Waals surface area (Å²) in [5.74, 6) is 1.11. The summed E-state index contributed by atoms with van der Waals surface area (Å²) in [7, 11) is 1.81. The zero-order valence-corrected chi connectivity index (χ0v) is 8.90. The van der Waals surface area contributed by atoms with Crippen molar-refractivity contribution in [3.8, 4) is 11.8 Å². The Kier molecular flexibility index (Phi) is 2.51. The molecule has 2 rings (SSSR count). The second-order valence-electron chi connectivity index (χ2n) is 3.12. The fraction of sp³-hybridized carbons (Fsp3) is 0.100. The Balaban J connectivity index is 2.21. The average molecular weight is 224 g/mol. The number of halogens is 1. The molecular formula is C10H10ClN3O. The second kappa shape index (κ2) is 3.82. The van der Waals surface area contributed by atoms with Crippen molar-refractivity contribution < 1.29 is 4.74 Å². The predicted octanol–water partition coefficient (Wildman–Crippen LogP) is 2.45. The molecule has 4 nitrogen and oxygen atoms in total. The summed E-state index contributed by atoms with van der Waals surface area (Å²) in [5.41, 5.74) is 5.52. The van der Waals surface area contributed by atoms with Gasteiger partial charge >= 0.3 is 6.01 Å². The molecule has 1 aromatic heterocycles. The maximum Gasteiger partial charge on any atom is 0.303 e. The summed E-state index contributed by atoms with van der Waals surface area (Å²) in [6.07, 6.45) is 1.69. The smallest absolute Gasteiger partial charge is 0.303 e. The lowest BCUT2D eigenvalue weighted by molar-refractivity contribution is 0.425. The highest BCUT2D eigenvalue weighted by Crippen LogP contribution is 2.22. The van der Waals surface area contributed by atoms with Crippen LogP contribution in [0.1, 0.15) is 0 Å². The van der Waals surface area contributed by atoms with E-state index in [1.807, 2.05) is 7.05 Å². The zero-order chi connectivity index (χ0) is 10.8. The van der Waals surface area contributed by atoms with Gasteiger partial charge in [0.2, 0.25) is 0 Å². The fourth-order valence-electron chi connectivity index (χ4n) is 1.17. The van der Waals surface area contributed by atoms with Gasteiger partial charge in [-0.3, -0.25) is 0 Å². The van der Waals surface area contributed by atoms with Crippen molar-refractivity contribution in [3.05, 3.63) is 35.5 Å². The third-order valence-electron chi connectivity index (χ3n) is 1.88. The first-order valence-electron chi connectivity index (χ1n) is 4.37. The predicted molar refractivity (Wildman–Crippen MR) is 59.1 cm³/mol. The quantitative estimate of drug-likeness (QED) is 0.851. The Morgan fingerprint density at radius 1 is 1.33 bits per heavy atom. The number of ether oxygens (including phenoxy) is 1. The SMILES string of the molecule is Cn1cc(N)nc1Oc1ccc(Cl)cc1. The van der Waals surface area contributed by atoms with Gasteiger partial charge in [-0.2, -0.15) is 4.98 Å². The van der Waals surface area contributed by atoms with Crippen LogP contribution in [0.25, 0.3) is 0 Å². The molecule has 2 N–H and O–H groups in total. The number of nitrogens with two attached hydrogens (primary N) is 1. The average Bonchev–Trinajstić information content (AvgIpc) is 2.49. The number of hydrogen-bond acceptors (Lipinski definition) is 3. The highest BCUT2D eigenvalue weighted by molar-refractivity contribution is 6.30. The molecule has 0 unspecified atom stereocenters. The number of benzene rings is 1. The van der Waals surface area contributed by atoms with Crippen LogP contribution in [-0.2, 0) is 7.05 Å². The molecule has 0 bridgehead atoms. The highest BCUT2D eigenvalue weighted by Gasteiger charge is 2.04. The molecule has 0 amide bonds. The molecule has 0 aliphatic heterocycles. The number of nitrogens with zero attached hydrogens (tertiary/aromatic N) is 2. The third-order valence-corrected chi connectivity index (χ3v) is 2.13. The zero-order valence-electron chi connectivity index (χ0n) is 8.14. The summed E-state index contributed by atoms with van der Waals surface area (Å²) in [6, 6.07) is 7.50. The Labute approximate surface area is 92.2 Å². The van der Waals surface area contributed by atoms with Crippen LogP contribution in [0.15, 0.2) is 30.5 Å². The van der Waals surface area contributed by atoms with Crippen LogP contribution >= 0.6 is 11.6 Å². The van der Waals surface area contributed by atoms with Crippen LogP contribution in [0, 0.1) is 0 Å². The lowest BCUT2D eigenvalue weighted by atomic mass is 10.3. The van der Waals surface area contributed by atoms with E-state index in [1.54, 1.807) is 35.0 Å². The molecule has 2 aromatic rings. The molecule has 0 fully saturated rings. The lowest BCUT2D eigenvalue weighted by Crippen LogP contribution is -1.92. The standard InChI is InChI=1S/C10H10ClN3O/c1-14-6-9(12)13-10(14)15-8-4-2-7(11)3-5-8/h2-6H,12H2,1H3. The van der Waals surface area contributed by atoms with Crippen molar-refractivity contribution in [1.82, 2.24) is 9.55 Å². The summed E-state index contributed by atoms with van der Waals surface area (Å²) >= 11 is 5.75. The van der Waals surface area contributed by atoms with Gasteiger partial charge in [0.15, 0.2) is 0 Å². The van der Waals surface area contributed by atoms with E-state index >= 15 is 0 Å². The number of anilines is 1. The Hall–Kier alpha value is -1.68. The first-order valence-corrected chi connectivity index (χ1v) is 4.75. The summed E-state index contributed by atoms with van der Waals surface area (Å²) in [6.45, 7) is 0. The van der Waals surface area contributed by atoms with E-state index in [2.05, 4.69) is 4.98 Å². The molecule has 0 radical (unpaired) electrons. The summed E-state index contributed by atoms with van der Waals surface area (Å²) < 4.78 is 7.21. The Morgan fingerprint density at radius 3 is 2.53 bits per heavy atom. The molecule has 0 saturated heterocycles. The molecular weight excluding hydrogens is 214 g/mol. The van der Waals surface area contributed by atoms with Gasteiger partial charge in [-0.1, -0.05) is 11.6 Å². The molecule has 0 aliphatic rings. The Bertz CT molecular complexity index is 464. The van der Waals surface area contributed by atoms with E-state index in [-0.39, 0.29) is 0 Å². The topological polar surface area (TPSA) is 53.1 Å². The number of nitrogen functional groups attached to an aromatic ring is 1. The lowest BCUT2D eigenvalue weighted by Gasteiger charge is -2.03. The van der Waals surface area contributed by atoms with E-state index in [4.69, 9.17) is 22.1 Å². The summed E-state index contributed by atoms with van der Waals surface area (Å²) in [4.78, 5) is 4.01. The highest BCUT2D eigenvalue weighted by atomic mass is 35.5. The minimum Gasteiger partial charge on any atom is -0.425 e. The van der Waals surface area contributed by atoms with Crippen LogP contribution in [0.3, 0.4) is 0 Å². The van der Waals surface area contributed by atoms with E-state index in [0.717, 1.165) is 0 Å². The van der Waals surface area contributed by atoms with Crippen LogP contribution in [-0.4, -0.2) is 9.55 Å². The van der Waals surface area contributed by atoms with Gasteiger partial charge in [0.05, 0.1) is 6.20 Å². The maximum absolute atomic E-state index is 5.75. The summed E-state index contributed by atoms with van der Waals surface area (Å²) in [5, 5.41) is 0.668. The van der Waals surface area contributed by atoms with E-state index in [0.29, 0.717) is 22.6 Å². The molecule has 5 heteroatoms. The van der Waals surface area contributed by atoms with Crippen molar-refractivity contribution in [2.45, 2.75) is 0 Å². The van der Waals surface area contributed by atoms with Gasteiger partial charge in [0.25, 0.3) is 0 Å². The number of imidazole rings is 1. The van der Waals surface area contributed by atoms with Gasteiger partial charge in [-0.15, -0.1) is 0 Å². The molecule has 0 atom stereocenters.